The van der Waals surface area contributed by atoms with Crippen LogP contribution < -0.4 is 0 Å². The molecule has 0 aliphatic carbocycles. The molecule has 0 radical (unpaired) electrons. The summed E-state index contributed by atoms with van der Waals surface area (Å²) in [6.07, 6.45) is 0.720. The second kappa shape index (κ2) is 3.49. The third-order valence-electron chi connectivity index (χ3n) is 2.25. The molecule has 1 aromatic rings. The zero-order valence-electron chi connectivity index (χ0n) is 8.21. The van der Waals surface area contributed by atoms with Gasteiger partial charge in [-0.3, -0.25) is 10.0 Å². The predicted molar refractivity (Wildman–Crippen MR) is 54.1 cm³/mol. The molecule has 0 spiro atoms. The molecule has 0 fully saturated rings. The summed E-state index contributed by atoms with van der Waals surface area (Å²) in [6.45, 7) is 1.56. The van der Waals surface area contributed by atoms with E-state index in [2.05, 4.69) is 0 Å². The number of carbonyl (C=O) groups is 1. The molecule has 1 heterocycles. The Morgan fingerprint density at radius 2 is 1.93 bits per heavy atom. The van der Waals surface area contributed by atoms with Crippen LogP contribution in [0.3, 0.4) is 0 Å². The lowest BCUT2D eigenvalue weighted by Crippen LogP contribution is -2.18. The van der Waals surface area contributed by atoms with E-state index in [1.54, 1.807) is 31.2 Å². The minimum absolute atomic E-state index is 0.339. The molecule has 4 heteroatoms. The van der Waals surface area contributed by atoms with E-state index in [4.69, 9.17) is 0 Å². The van der Waals surface area contributed by atoms with Crippen molar-refractivity contribution in [2.24, 2.45) is 0 Å². The van der Waals surface area contributed by atoms with Crippen LogP contribution in [0.4, 0.5) is 0 Å². The van der Waals surface area contributed by atoms with Gasteiger partial charge in [0.2, 0.25) is 0 Å². The van der Waals surface area contributed by atoms with Crippen LogP contribution in [-0.4, -0.2) is 27.4 Å². The summed E-state index contributed by atoms with van der Waals surface area (Å²) in [4.78, 5) is 11.5. The SMILES string of the molecule is CC(O)/C=C1/c2ccccc2C(=O)N1O. The Bertz CT molecular complexity index is 437. The summed E-state index contributed by atoms with van der Waals surface area (Å²) >= 11 is 0. The van der Waals surface area contributed by atoms with Gasteiger partial charge in [-0.1, -0.05) is 18.2 Å². The zero-order chi connectivity index (χ0) is 11.0. The molecule has 0 saturated heterocycles. The predicted octanol–water partition coefficient (Wildman–Crippen LogP) is 1.25. The van der Waals surface area contributed by atoms with Gasteiger partial charge < -0.3 is 5.11 Å². The number of aliphatic hydroxyl groups excluding tert-OH is 1. The topological polar surface area (TPSA) is 60.8 Å². The van der Waals surface area contributed by atoms with E-state index in [-0.39, 0.29) is 0 Å². The fraction of sp³-hybridized carbons (Fsp3) is 0.182. The van der Waals surface area contributed by atoms with Crippen LogP contribution in [0, 0.1) is 0 Å². The van der Waals surface area contributed by atoms with Gasteiger partial charge in [0.25, 0.3) is 5.91 Å². The largest absolute Gasteiger partial charge is 0.389 e. The third kappa shape index (κ3) is 1.54. The fourth-order valence-electron chi connectivity index (χ4n) is 1.62. The van der Waals surface area contributed by atoms with Gasteiger partial charge in [-0.2, -0.15) is 5.06 Å². The Labute approximate surface area is 87.0 Å². The van der Waals surface area contributed by atoms with Crippen LogP contribution in [-0.2, 0) is 0 Å². The number of rotatable bonds is 1. The molecule has 1 aliphatic rings. The van der Waals surface area contributed by atoms with E-state index in [1.165, 1.54) is 6.08 Å². The molecule has 2 N–H and O–H groups in total. The van der Waals surface area contributed by atoms with Gasteiger partial charge in [0.05, 0.1) is 17.4 Å². The summed E-state index contributed by atoms with van der Waals surface area (Å²) in [5.74, 6) is -0.461. The first-order valence-electron chi connectivity index (χ1n) is 4.64. The van der Waals surface area contributed by atoms with Gasteiger partial charge in [-0.25, -0.2) is 0 Å². The molecule has 1 atom stereocenters. The summed E-state index contributed by atoms with van der Waals surface area (Å²) in [6, 6.07) is 6.89. The molecule has 1 amide bonds. The molecule has 2 rings (SSSR count). The van der Waals surface area contributed by atoms with E-state index < -0.39 is 12.0 Å². The van der Waals surface area contributed by atoms with Gasteiger partial charge >= 0.3 is 0 Å². The Balaban J connectivity index is 2.56. The molecular formula is C11H11NO3. The fourth-order valence-corrected chi connectivity index (χ4v) is 1.62. The quantitative estimate of drug-likeness (QED) is 0.678. The lowest BCUT2D eigenvalue weighted by Gasteiger charge is -2.09. The summed E-state index contributed by atoms with van der Waals surface area (Å²) < 4.78 is 0. The molecule has 1 unspecified atom stereocenters. The van der Waals surface area contributed by atoms with Gasteiger partial charge in [-0.15, -0.1) is 0 Å². The molecule has 15 heavy (non-hydrogen) atoms. The molecule has 0 aromatic heterocycles. The van der Waals surface area contributed by atoms with Crippen molar-refractivity contribution < 1.29 is 15.1 Å². The van der Waals surface area contributed by atoms with Crippen molar-refractivity contribution in [2.75, 3.05) is 0 Å². The lowest BCUT2D eigenvalue weighted by molar-refractivity contribution is -0.00770. The number of aliphatic hydroxyl groups is 1. The van der Waals surface area contributed by atoms with Crippen molar-refractivity contribution in [3.63, 3.8) is 0 Å². The average Bonchev–Trinajstić information content (AvgIpc) is 2.44. The highest BCUT2D eigenvalue weighted by Crippen LogP contribution is 2.30. The van der Waals surface area contributed by atoms with E-state index in [0.717, 1.165) is 0 Å². The van der Waals surface area contributed by atoms with Crippen LogP contribution in [0.25, 0.3) is 5.70 Å². The smallest absolute Gasteiger partial charge is 0.282 e. The monoisotopic (exact) mass is 205 g/mol. The first kappa shape index (κ1) is 9.89. The molecule has 0 saturated carbocycles. The number of fused-ring (bicyclic) bond motifs is 1. The molecule has 1 aliphatic heterocycles. The Hall–Kier alpha value is -1.65. The van der Waals surface area contributed by atoms with Crippen molar-refractivity contribution in [2.45, 2.75) is 13.0 Å². The first-order valence-corrected chi connectivity index (χ1v) is 4.64. The maximum atomic E-state index is 11.5. The van der Waals surface area contributed by atoms with Gasteiger partial charge in [0.1, 0.15) is 0 Å². The first-order chi connectivity index (χ1) is 7.11. The van der Waals surface area contributed by atoms with Crippen LogP contribution in [0.2, 0.25) is 0 Å². The number of hydroxylamine groups is 2. The van der Waals surface area contributed by atoms with Crippen molar-refractivity contribution in [3.8, 4) is 0 Å². The minimum atomic E-state index is -0.714. The molecular weight excluding hydrogens is 194 g/mol. The Kier molecular flexibility index (Phi) is 2.30. The van der Waals surface area contributed by atoms with Crippen molar-refractivity contribution in [1.29, 1.82) is 0 Å². The van der Waals surface area contributed by atoms with Gasteiger partial charge in [0.15, 0.2) is 0 Å². The van der Waals surface area contributed by atoms with Crippen LogP contribution in [0.1, 0.15) is 22.8 Å². The van der Waals surface area contributed by atoms with Gasteiger partial charge in [0, 0.05) is 5.56 Å². The molecule has 0 bridgehead atoms. The van der Waals surface area contributed by atoms with E-state index >= 15 is 0 Å². The highest BCUT2D eigenvalue weighted by Gasteiger charge is 2.30. The highest BCUT2D eigenvalue weighted by atomic mass is 16.5. The number of nitrogens with zero attached hydrogens (tertiary/aromatic N) is 1. The maximum Gasteiger partial charge on any atom is 0.282 e. The van der Waals surface area contributed by atoms with Gasteiger partial charge in [-0.05, 0) is 19.1 Å². The van der Waals surface area contributed by atoms with Crippen LogP contribution in [0.15, 0.2) is 30.3 Å². The molecule has 1 aromatic carbocycles. The van der Waals surface area contributed by atoms with E-state index in [0.29, 0.717) is 21.9 Å². The van der Waals surface area contributed by atoms with Crippen LogP contribution >= 0.6 is 0 Å². The summed E-state index contributed by atoms with van der Waals surface area (Å²) in [5, 5.41) is 19.3. The Morgan fingerprint density at radius 1 is 1.33 bits per heavy atom. The minimum Gasteiger partial charge on any atom is -0.389 e. The number of hydrogen-bond acceptors (Lipinski definition) is 3. The third-order valence-corrected chi connectivity index (χ3v) is 2.25. The standard InChI is InChI=1S/C11H11NO3/c1-7(13)6-10-8-4-2-3-5-9(8)11(14)12(10)15/h2-7,13,15H,1H3/b10-6-. The summed E-state index contributed by atoms with van der Waals surface area (Å²) in [5.41, 5.74) is 1.43. The van der Waals surface area contributed by atoms with Crippen molar-refractivity contribution in [1.82, 2.24) is 5.06 Å². The number of carbonyl (C=O) groups excluding carboxylic acids is 1. The average molecular weight is 205 g/mol. The summed E-state index contributed by atoms with van der Waals surface area (Å²) in [7, 11) is 0. The number of hydrogen-bond donors (Lipinski definition) is 2. The highest BCUT2D eigenvalue weighted by molar-refractivity contribution is 6.08. The van der Waals surface area contributed by atoms with Crippen LogP contribution in [0.5, 0.6) is 0 Å². The van der Waals surface area contributed by atoms with E-state index in [9.17, 15) is 15.1 Å². The second-order valence-electron chi connectivity index (χ2n) is 3.46. The maximum absolute atomic E-state index is 11.5. The Morgan fingerprint density at radius 3 is 2.53 bits per heavy atom. The molecule has 4 nitrogen and oxygen atoms in total. The number of benzene rings is 1. The zero-order valence-corrected chi connectivity index (χ0v) is 8.21. The number of amides is 1. The molecule has 78 valence electrons. The van der Waals surface area contributed by atoms with Crippen molar-refractivity contribution in [3.05, 3.63) is 41.5 Å². The van der Waals surface area contributed by atoms with E-state index in [1.807, 2.05) is 0 Å². The van der Waals surface area contributed by atoms with Crippen molar-refractivity contribution >= 4 is 11.6 Å². The lowest BCUT2D eigenvalue weighted by atomic mass is 10.1. The second-order valence-corrected chi connectivity index (χ2v) is 3.46. The normalized spacial score (nSPS) is 19.5.